The first-order chi connectivity index (χ1) is 8.58. The predicted molar refractivity (Wildman–Crippen MR) is 78.9 cm³/mol. The molecule has 1 saturated carbocycles. The van der Waals surface area contributed by atoms with E-state index in [1.807, 2.05) is 0 Å². The molecule has 2 aliphatic rings. The summed E-state index contributed by atoms with van der Waals surface area (Å²) in [6, 6.07) is 1.57. The highest BCUT2D eigenvalue weighted by Crippen LogP contribution is 2.32. The fourth-order valence-corrected chi connectivity index (χ4v) is 3.74. The van der Waals surface area contributed by atoms with Crippen molar-refractivity contribution in [2.45, 2.75) is 83.8 Å². The van der Waals surface area contributed by atoms with Crippen LogP contribution in [0.1, 0.15) is 66.2 Å². The molecule has 0 aromatic rings. The van der Waals surface area contributed by atoms with Crippen molar-refractivity contribution >= 4 is 0 Å². The largest absolute Gasteiger partial charge is 0.309 e. The lowest BCUT2D eigenvalue weighted by Crippen LogP contribution is -2.64. The summed E-state index contributed by atoms with van der Waals surface area (Å²) < 4.78 is 0. The van der Waals surface area contributed by atoms with Crippen LogP contribution in [0.5, 0.6) is 0 Å². The molecule has 2 heteroatoms. The van der Waals surface area contributed by atoms with E-state index in [1.165, 1.54) is 45.1 Å². The molecule has 2 atom stereocenters. The second kappa shape index (κ2) is 5.92. The van der Waals surface area contributed by atoms with Gasteiger partial charge in [0.2, 0.25) is 0 Å². The Morgan fingerprint density at radius 1 is 1.17 bits per heavy atom. The molecular formula is C16H32N2. The lowest BCUT2D eigenvalue weighted by molar-refractivity contribution is 0.0314. The average Bonchev–Trinajstić information content (AvgIpc) is 2.42. The van der Waals surface area contributed by atoms with Crippen molar-refractivity contribution in [3.63, 3.8) is 0 Å². The third kappa shape index (κ3) is 3.08. The normalized spacial score (nSPS) is 43.0. The van der Waals surface area contributed by atoms with Crippen LogP contribution in [-0.4, -0.2) is 35.6 Å². The van der Waals surface area contributed by atoms with Crippen LogP contribution in [0.15, 0.2) is 0 Å². The first-order valence-corrected chi connectivity index (χ1v) is 8.08. The van der Waals surface area contributed by atoms with Gasteiger partial charge in [-0.05, 0) is 51.9 Å². The number of nitrogens with one attached hydrogen (secondary N) is 1. The Morgan fingerprint density at radius 2 is 1.83 bits per heavy atom. The van der Waals surface area contributed by atoms with Crippen molar-refractivity contribution < 1.29 is 0 Å². The van der Waals surface area contributed by atoms with Gasteiger partial charge in [-0.3, -0.25) is 4.90 Å². The molecule has 0 bridgehead atoms. The van der Waals surface area contributed by atoms with Crippen LogP contribution in [0.25, 0.3) is 0 Å². The van der Waals surface area contributed by atoms with Crippen LogP contribution in [0.3, 0.4) is 0 Å². The van der Waals surface area contributed by atoms with Gasteiger partial charge in [-0.15, -0.1) is 0 Å². The van der Waals surface area contributed by atoms with Crippen LogP contribution in [0.2, 0.25) is 0 Å². The van der Waals surface area contributed by atoms with Gasteiger partial charge in [-0.25, -0.2) is 0 Å². The summed E-state index contributed by atoms with van der Waals surface area (Å²) in [6.07, 6.45) is 8.41. The minimum atomic E-state index is 0.341. The van der Waals surface area contributed by atoms with E-state index in [0.717, 1.165) is 18.5 Å². The summed E-state index contributed by atoms with van der Waals surface area (Å²) in [5, 5.41) is 3.74. The number of hydrogen-bond acceptors (Lipinski definition) is 2. The van der Waals surface area contributed by atoms with E-state index in [4.69, 9.17) is 0 Å². The van der Waals surface area contributed by atoms with Gasteiger partial charge in [0.1, 0.15) is 0 Å². The van der Waals surface area contributed by atoms with Crippen molar-refractivity contribution in [3.05, 3.63) is 0 Å². The van der Waals surface area contributed by atoms with Crippen LogP contribution >= 0.6 is 0 Å². The summed E-state index contributed by atoms with van der Waals surface area (Å²) in [6.45, 7) is 11.9. The molecular weight excluding hydrogens is 220 g/mol. The minimum Gasteiger partial charge on any atom is -0.309 e. The minimum absolute atomic E-state index is 0.341. The molecule has 106 valence electrons. The second-order valence-electron chi connectivity index (χ2n) is 6.90. The zero-order valence-electron chi connectivity index (χ0n) is 12.8. The quantitative estimate of drug-likeness (QED) is 0.828. The number of rotatable bonds is 3. The van der Waals surface area contributed by atoms with Crippen molar-refractivity contribution in [1.82, 2.24) is 10.2 Å². The molecule has 0 radical (unpaired) electrons. The van der Waals surface area contributed by atoms with Gasteiger partial charge < -0.3 is 5.32 Å². The maximum absolute atomic E-state index is 3.74. The molecule has 2 nitrogen and oxygen atoms in total. The maximum Gasteiger partial charge on any atom is 0.0278 e. The van der Waals surface area contributed by atoms with Crippen molar-refractivity contribution in [1.29, 1.82) is 0 Å². The van der Waals surface area contributed by atoms with Gasteiger partial charge in [0.05, 0.1) is 0 Å². The molecule has 0 aromatic carbocycles. The van der Waals surface area contributed by atoms with Crippen LogP contribution in [-0.2, 0) is 0 Å². The van der Waals surface area contributed by atoms with E-state index in [2.05, 4.69) is 37.9 Å². The first-order valence-electron chi connectivity index (χ1n) is 8.08. The second-order valence-corrected chi connectivity index (χ2v) is 6.90. The molecule has 1 aliphatic carbocycles. The van der Waals surface area contributed by atoms with E-state index in [9.17, 15) is 0 Å². The molecule has 1 aliphatic heterocycles. The lowest BCUT2D eigenvalue weighted by atomic mass is 9.82. The first kappa shape index (κ1) is 14.3. The standard InChI is InChI=1S/C16H32N2/c1-5-14-7-9-15(10-8-14)18-12-16(4,6-2)17-11-13(18)3/h13-15,17H,5-12H2,1-4H3. The van der Waals surface area contributed by atoms with Crippen molar-refractivity contribution in [2.24, 2.45) is 5.92 Å². The summed E-state index contributed by atoms with van der Waals surface area (Å²) in [4.78, 5) is 2.81. The zero-order chi connectivity index (χ0) is 13.2. The van der Waals surface area contributed by atoms with Gasteiger partial charge >= 0.3 is 0 Å². The molecule has 1 heterocycles. The summed E-state index contributed by atoms with van der Waals surface area (Å²) in [7, 11) is 0. The Balaban J connectivity index is 1.94. The third-order valence-electron chi connectivity index (χ3n) is 5.56. The Kier molecular flexibility index (Phi) is 4.71. The molecule has 1 saturated heterocycles. The Bertz CT molecular complexity index is 258. The van der Waals surface area contributed by atoms with E-state index in [-0.39, 0.29) is 0 Å². The van der Waals surface area contributed by atoms with E-state index < -0.39 is 0 Å². The predicted octanol–water partition coefficient (Wildman–Crippen LogP) is 3.42. The molecule has 2 fully saturated rings. The Morgan fingerprint density at radius 3 is 2.39 bits per heavy atom. The van der Waals surface area contributed by atoms with Gasteiger partial charge in [0, 0.05) is 30.7 Å². The van der Waals surface area contributed by atoms with Gasteiger partial charge in [-0.2, -0.15) is 0 Å². The number of piperazine rings is 1. The highest BCUT2D eigenvalue weighted by Gasteiger charge is 2.37. The third-order valence-corrected chi connectivity index (χ3v) is 5.56. The molecule has 0 aromatic heterocycles. The van der Waals surface area contributed by atoms with Crippen molar-refractivity contribution in [2.75, 3.05) is 13.1 Å². The maximum atomic E-state index is 3.74. The zero-order valence-corrected chi connectivity index (χ0v) is 12.8. The van der Waals surface area contributed by atoms with E-state index in [1.54, 1.807) is 0 Å². The Labute approximate surface area is 114 Å². The molecule has 2 rings (SSSR count). The molecule has 0 amide bonds. The van der Waals surface area contributed by atoms with Crippen LogP contribution in [0, 0.1) is 5.92 Å². The number of nitrogens with zero attached hydrogens (tertiary/aromatic N) is 1. The summed E-state index contributed by atoms with van der Waals surface area (Å²) >= 11 is 0. The van der Waals surface area contributed by atoms with E-state index >= 15 is 0 Å². The highest BCUT2D eigenvalue weighted by molar-refractivity contribution is 4.96. The molecule has 18 heavy (non-hydrogen) atoms. The van der Waals surface area contributed by atoms with Crippen molar-refractivity contribution in [3.8, 4) is 0 Å². The van der Waals surface area contributed by atoms with Crippen LogP contribution < -0.4 is 5.32 Å². The topological polar surface area (TPSA) is 15.3 Å². The molecule has 0 spiro atoms. The lowest BCUT2D eigenvalue weighted by Gasteiger charge is -2.49. The Hall–Kier alpha value is -0.0800. The monoisotopic (exact) mass is 252 g/mol. The van der Waals surface area contributed by atoms with Gasteiger partial charge in [-0.1, -0.05) is 20.3 Å². The smallest absolute Gasteiger partial charge is 0.0278 e. The average molecular weight is 252 g/mol. The van der Waals surface area contributed by atoms with Gasteiger partial charge in [0.15, 0.2) is 0 Å². The summed E-state index contributed by atoms with van der Waals surface area (Å²) in [5.41, 5.74) is 0.341. The SMILES string of the molecule is CCC1CCC(N2CC(C)(CC)NCC2C)CC1. The molecule has 2 unspecified atom stereocenters. The fourth-order valence-electron chi connectivity index (χ4n) is 3.74. The number of hydrogen-bond donors (Lipinski definition) is 1. The van der Waals surface area contributed by atoms with E-state index in [0.29, 0.717) is 11.6 Å². The molecule has 1 N–H and O–H groups in total. The highest BCUT2D eigenvalue weighted by atomic mass is 15.3. The fraction of sp³-hybridized carbons (Fsp3) is 1.00. The summed E-state index contributed by atoms with van der Waals surface area (Å²) in [5.74, 6) is 1.01. The van der Waals surface area contributed by atoms with Gasteiger partial charge in [0.25, 0.3) is 0 Å². The van der Waals surface area contributed by atoms with Crippen LogP contribution in [0.4, 0.5) is 0 Å².